The molecule has 0 aromatic heterocycles. The summed E-state index contributed by atoms with van der Waals surface area (Å²) in [6, 6.07) is 29.5. The van der Waals surface area contributed by atoms with Crippen molar-refractivity contribution in [3.05, 3.63) is 124 Å². The maximum absolute atomic E-state index is 13.4. The molecule has 38 heavy (non-hydrogen) atoms. The van der Waals surface area contributed by atoms with Crippen LogP contribution in [0.15, 0.2) is 96.6 Å². The van der Waals surface area contributed by atoms with Crippen LogP contribution >= 0.6 is 0 Å². The Morgan fingerprint density at radius 3 is 2.37 bits per heavy atom. The number of fused-ring (bicyclic) bond motifs is 2. The fourth-order valence-electron chi connectivity index (χ4n) is 5.12. The summed E-state index contributed by atoms with van der Waals surface area (Å²) in [5.41, 5.74) is 6.15. The van der Waals surface area contributed by atoms with Gasteiger partial charge in [-0.15, -0.1) is 0 Å². The molecule has 1 aliphatic carbocycles. The molecule has 2 aliphatic rings. The lowest BCUT2D eigenvalue weighted by atomic mass is 9.87. The molecule has 6 nitrogen and oxygen atoms in total. The Kier molecular flexibility index (Phi) is 6.22. The molecule has 6 heteroatoms. The second kappa shape index (κ2) is 9.98. The zero-order valence-corrected chi connectivity index (χ0v) is 21.1. The van der Waals surface area contributed by atoms with Crippen molar-refractivity contribution in [2.24, 2.45) is 0 Å². The molecule has 4 aromatic rings. The topological polar surface area (TPSA) is 63.2 Å². The van der Waals surface area contributed by atoms with Crippen molar-refractivity contribution in [2.45, 2.75) is 12.5 Å². The normalized spacial score (nSPS) is 15.3. The molecule has 0 saturated carbocycles. The number of rotatable bonds is 7. The third-order valence-electron chi connectivity index (χ3n) is 6.93. The van der Waals surface area contributed by atoms with Gasteiger partial charge < -0.3 is 23.7 Å². The van der Waals surface area contributed by atoms with E-state index in [1.807, 2.05) is 91.0 Å². The Morgan fingerprint density at radius 1 is 0.842 bits per heavy atom. The van der Waals surface area contributed by atoms with Crippen LogP contribution in [-0.4, -0.2) is 27.0 Å². The van der Waals surface area contributed by atoms with Gasteiger partial charge in [0.05, 0.1) is 19.8 Å². The van der Waals surface area contributed by atoms with E-state index in [9.17, 15) is 4.79 Å². The minimum Gasteiger partial charge on any atom is -0.497 e. The number of benzene rings is 4. The maximum Gasteiger partial charge on any atom is 0.335 e. The standard InChI is InChI=1S/C32H26O6/c1-34-23-11-8-21(9-12-23)29-26-17-24(36-18-20-6-4-3-5-7-20)13-14-25(26)30(31(29)32(33)35-2)22-10-15-27-28(16-22)38-19-37-27/h3-17,30H,18-19H2,1-2H3. The Hall–Kier alpha value is -4.71. The number of hydrogen-bond donors (Lipinski definition) is 0. The molecule has 0 N–H and O–H groups in total. The molecule has 1 heterocycles. The highest BCUT2D eigenvalue weighted by Gasteiger charge is 2.38. The van der Waals surface area contributed by atoms with E-state index in [2.05, 4.69) is 0 Å². The Bertz CT molecular complexity index is 1520. The highest BCUT2D eigenvalue weighted by atomic mass is 16.7. The first kappa shape index (κ1) is 23.7. The van der Waals surface area contributed by atoms with Gasteiger partial charge in [0, 0.05) is 11.5 Å². The van der Waals surface area contributed by atoms with E-state index in [1.165, 1.54) is 7.11 Å². The van der Waals surface area contributed by atoms with Crippen LogP contribution in [0.1, 0.15) is 33.7 Å². The van der Waals surface area contributed by atoms with Gasteiger partial charge in [0.15, 0.2) is 11.5 Å². The van der Waals surface area contributed by atoms with Gasteiger partial charge in [0.25, 0.3) is 0 Å². The summed E-state index contributed by atoms with van der Waals surface area (Å²) in [6.45, 7) is 0.621. The van der Waals surface area contributed by atoms with Crippen molar-refractivity contribution in [1.29, 1.82) is 0 Å². The molecule has 0 spiro atoms. The van der Waals surface area contributed by atoms with Gasteiger partial charge in [-0.3, -0.25) is 0 Å². The fourth-order valence-corrected chi connectivity index (χ4v) is 5.12. The Labute approximate surface area is 221 Å². The lowest BCUT2D eigenvalue weighted by Crippen LogP contribution is -2.12. The smallest absolute Gasteiger partial charge is 0.335 e. The van der Waals surface area contributed by atoms with E-state index in [-0.39, 0.29) is 18.7 Å². The monoisotopic (exact) mass is 506 g/mol. The molecule has 190 valence electrons. The fraction of sp³-hybridized carbons (Fsp3) is 0.156. The Balaban J connectivity index is 1.50. The lowest BCUT2D eigenvalue weighted by molar-refractivity contribution is -0.136. The van der Waals surface area contributed by atoms with Crippen molar-refractivity contribution < 1.29 is 28.5 Å². The van der Waals surface area contributed by atoms with Gasteiger partial charge in [0.2, 0.25) is 6.79 Å². The number of methoxy groups -OCH3 is 2. The minimum atomic E-state index is -0.388. The van der Waals surface area contributed by atoms with Gasteiger partial charge >= 0.3 is 5.97 Å². The van der Waals surface area contributed by atoms with Crippen molar-refractivity contribution in [1.82, 2.24) is 0 Å². The van der Waals surface area contributed by atoms with Gasteiger partial charge in [0.1, 0.15) is 18.1 Å². The van der Waals surface area contributed by atoms with Crippen LogP contribution in [0, 0.1) is 0 Å². The van der Waals surface area contributed by atoms with E-state index in [0.717, 1.165) is 39.1 Å². The first-order valence-electron chi connectivity index (χ1n) is 12.3. The van der Waals surface area contributed by atoms with Gasteiger partial charge in [-0.05, 0) is 64.2 Å². The molecule has 0 bridgehead atoms. The first-order valence-corrected chi connectivity index (χ1v) is 12.3. The van der Waals surface area contributed by atoms with Crippen LogP contribution < -0.4 is 18.9 Å². The van der Waals surface area contributed by atoms with Crippen molar-refractivity contribution >= 4 is 11.5 Å². The van der Waals surface area contributed by atoms with Crippen LogP contribution in [0.3, 0.4) is 0 Å². The second-order valence-electron chi connectivity index (χ2n) is 9.08. The molecule has 0 fully saturated rings. The lowest BCUT2D eigenvalue weighted by Gasteiger charge is -2.17. The predicted molar refractivity (Wildman–Crippen MR) is 143 cm³/mol. The average molecular weight is 507 g/mol. The third kappa shape index (κ3) is 4.24. The van der Waals surface area contributed by atoms with Crippen LogP contribution in [0.25, 0.3) is 5.57 Å². The minimum absolute atomic E-state index is 0.180. The van der Waals surface area contributed by atoms with Crippen LogP contribution in [0.4, 0.5) is 0 Å². The van der Waals surface area contributed by atoms with E-state index in [4.69, 9.17) is 23.7 Å². The van der Waals surface area contributed by atoms with Crippen LogP contribution in [-0.2, 0) is 16.1 Å². The third-order valence-corrected chi connectivity index (χ3v) is 6.93. The molecular weight excluding hydrogens is 480 g/mol. The quantitative estimate of drug-likeness (QED) is 0.281. The van der Waals surface area contributed by atoms with E-state index in [1.54, 1.807) is 7.11 Å². The number of ether oxygens (including phenoxy) is 5. The maximum atomic E-state index is 13.4. The van der Waals surface area contributed by atoms with Gasteiger partial charge in [-0.2, -0.15) is 0 Å². The molecule has 1 atom stereocenters. The molecule has 0 amide bonds. The summed E-state index contributed by atoms with van der Waals surface area (Å²) in [7, 11) is 3.04. The molecule has 6 rings (SSSR count). The van der Waals surface area contributed by atoms with Crippen LogP contribution in [0.2, 0.25) is 0 Å². The summed E-state index contributed by atoms with van der Waals surface area (Å²) >= 11 is 0. The van der Waals surface area contributed by atoms with E-state index >= 15 is 0 Å². The molecule has 1 aliphatic heterocycles. The number of carbonyl (C=O) groups is 1. The van der Waals surface area contributed by atoms with Gasteiger partial charge in [-0.1, -0.05) is 54.6 Å². The van der Waals surface area contributed by atoms with Crippen molar-refractivity contribution in [3.8, 4) is 23.0 Å². The summed E-state index contributed by atoms with van der Waals surface area (Å²) in [6.07, 6.45) is 0. The summed E-state index contributed by atoms with van der Waals surface area (Å²) in [5.74, 6) is 2.06. The van der Waals surface area contributed by atoms with E-state index in [0.29, 0.717) is 29.4 Å². The highest BCUT2D eigenvalue weighted by molar-refractivity contribution is 6.07. The molecule has 0 radical (unpaired) electrons. The molecule has 1 unspecified atom stereocenters. The SMILES string of the molecule is COC(=O)C1=C(c2ccc(OC)cc2)c2cc(OCc3ccccc3)ccc2C1c1ccc2c(c1)OCO2. The predicted octanol–water partition coefficient (Wildman–Crippen LogP) is 6.12. The van der Waals surface area contributed by atoms with Gasteiger partial charge in [-0.25, -0.2) is 4.79 Å². The number of hydrogen-bond acceptors (Lipinski definition) is 6. The first-order chi connectivity index (χ1) is 18.7. The zero-order chi connectivity index (χ0) is 26.1. The zero-order valence-electron chi connectivity index (χ0n) is 21.1. The highest BCUT2D eigenvalue weighted by Crippen LogP contribution is 2.51. The summed E-state index contributed by atoms with van der Waals surface area (Å²) < 4.78 is 28.0. The Morgan fingerprint density at radius 2 is 1.61 bits per heavy atom. The molecular formula is C32H26O6. The van der Waals surface area contributed by atoms with Crippen LogP contribution in [0.5, 0.6) is 23.0 Å². The second-order valence-corrected chi connectivity index (χ2v) is 9.08. The number of esters is 1. The summed E-state index contributed by atoms with van der Waals surface area (Å²) in [5, 5.41) is 0. The van der Waals surface area contributed by atoms with Crippen molar-refractivity contribution in [3.63, 3.8) is 0 Å². The largest absolute Gasteiger partial charge is 0.497 e. The molecule has 4 aromatic carbocycles. The number of carbonyl (C=O) groups excluding carboxylic acids is 1. The van der Waals surface area contributed by atoms with Crippen molar-refractivity contribution in [2.75, 3.05) is 21.0 Å². The molecule has 0 saturated heterocycles. The van der Waals surface area contributed by atoms with E-state index < -0.39 is 0 Å². The average Bonchev–Trinajstić information content (AvgIpc) is 3.58. The summed E-state index contributed by atoms with van der Waals surface area (Å²) in [4.78, 5) is 13.4.